The van der Waals surface area contributed by atoms with Crippen LogP contribution in [0.5, 0.6) is 0 Å². The van der Waals surface area contributed by atoms with E-state index in [1.165, 1.54) is 6.92 Å². The molecule has 0 aliphatic carbocycles. The maximum Gasteiger partial charge on any atom is 0.217 e. The molecule has 850 valence electrons. The zero-order chi connectivity index (χ0) is 108. The first-order valence-corrected chi connectivity index (χ1v) is 47.0. The Labute approximate surface area is 832 Å². The molecule has 0 radical (unpaired) electrons. The first-order valence-electron chi connectivity index (χ1n) is 47.0. The smallest absolute Gasteiger partial charge is 0.217 e. The van der Waals surface area contributed by atoms with Crippen LogP contribution < -0.4 is 26.6 Å². The highest BCUT2D eigenvalue weighted by atomic mass is 16.8. The number of rotatable bonds is 38. The topological polar surface area (TPSA) is 1010 Å². The van der Waals surface area contributed by atoms with Gasteiger partial charge in [0.2, 0.25) is 29.5 Å². The number of nitrogens with one attached hydrogen (secondary N) is 5. The number of hydrogen-bond acceptors (Lipinski definition) is 60. The van der Waals surface area contributed by atoms with Crippen LogP contribution in [0.2, 0.25) is 0 Å². The Bertz CT molecular complexity index is 4110. The van der Waals surface area contributed by atoms with Gasteiger partial charge in [-0.05, 0) is 6.92 Å². The summed E-state index contributed by atoms with van der Waals surface area (Å²) in [6, 6.07) is -10.5. The third-order valence-corrected chi connectivity index (χ3v) is 27.0. The van der Waals surface area contributed by atoms with Gasteiger partial charge in [-0.1, -0.05) is 0 Å². The van der Waals surface area contributed by atoms with Crippen LogP contribution in [0.4, 0.5) is 0 Å². The fourth-order valence-corrected chi connectivity index (χ4v) is 19.2. The molecule has 0 saturated carbocycles. The van der Waals surface area contributed by atoms with Crippen molar-refractivity contribution in [2.45, 2.75) is 410 Å². The van der Waals surface area contributed by atoms with Crippen LogP contribution in [-0.2, 0) is 133 Å². The van der Waals surface area contributed by atoms with Crippen LogP contribution in [-0.4, -0.2) is 634 Å². The Kier molecular flexibility index (Phi) is 43.4. The lowest BCUT2D eigenvalue weighted by Crippen LogP contribution is -2.72. The van der Waals surface area contributed by atoms with Crippen molar-refractivity contribution in [1.82, 2.24) is 26.6 Å². The van der Waals surface area contributed by atoms with Crippen molar-refractivity contribution in [1.29, 1.82) is 0 Å². The number of aliphatic hydroxyl groups is 32. The van der Waals surface area contributed by atoms with Gasteiger partial charge in [-0.2, -0.15) is 0 Å². The van der Waals surface area contributed by atoms with Crippen molar-refractivity contribution in [3.8, 4) is 0 Å². The Balaban J connectivity index is 0.983. The van der Waals surface area contributed by atoms with Gasteiger partial charge in [0.05, 0.1) is 78.8 Å². The van der Waals surface area contributed by atoms with E-state index in [1.807, 2.05) is 0 Å². The summed E-state index contributed by atoms with van der Waals surface area (Å²) >= 11 is 0. The second kappa shape index (κ2) is 52.8. The molecule has 5 amide bonds. The van der Waals surface area contributed by atoms with Gasteiger partial charge in [-0.3, -0.25) is 24.0 Å². The third-order valence-electron chi connectivity index (χ3n) is 27.0. The average Bonchev–Trinajstić information content (AvgIpc) is 0.751. The van der Waals surface area contributed by atoms with Crippen LogP contribution in [0.25, 0.3) is 0 Å². The van der Waals surface area contributed by atoms with Crippen LogP contribution >= 0.6 is 0 Å². The van der Waals surface area contributed by atoms with E-state index in [0.717, 1.165) is 34.6 Å². The lowest BCUT2D eigenvalue weighted by Gasteiger charge is -2.53. The first-order chi connectivity index (χ1) is 69.5. The molecule has 12 rings (SSSR count). The molecule has 0 spiro atoms. The molecule has 12 aliphatic rings. The molecule has 65 nitrogen and oxygen atoms in total. The molecule has 0 aromatic heterocycles. The summed E-state index contributed by atoms with van der Waals surface area (Å²) in [5, 5.41) is 375. The van der Waals surface area contributed by atoms with Gasteiger partial charge in [0.15, 0.2) is 75.5 Å². The van der Waals surface area contributed by atoms with Crippen molar-refractivity contribution in [2.75, 3.05) is 72.7 Å². The Hall–Kier alpha value is -4.85. The molecular weight excluding hydrogens is 2010 g/mol. The highest BCUT2D eigenvalue weighted by molar-refractivity contribution is 5.75. The molecule has 12 saturated heterocycles. The van der Waals surface area contributed by atoms with E-state index >= 15 is 0 Å². The molecule has 0 aromatic carbocycles. The van der Waals surface area contributed by atoms with E-state index in [4.69, 9.17) is 109 Å². The van der Waals surface area contributed by atoms with Crippen LogP contribution in [0.1, 0.15) is 41.5 Å². The standard InChI is InChI=1S/C82H137N5O60/c1-18-40(102)51(113)57(119)76(127-18)125-16-33-66(46(108)35(71(124)128-33)83-19(2)97)139-72-36(84-20(3)98)47(109)65(32(15-96)134-72)143-80-61(123)68(145-82-70(56(118)45(107)28(11-92)133-82)147-75-39(87-23(6)101)50(112)64(31(14-95)137-75)142-79-60(122)54(116)43(105)26(9-90)131-79)67(144-73-37(85-21(4)99)48(110)62(29(12-93)135-73)140-77-58(120)52(114)41(103)24(7-88)129-77)34(138-80)17-126-81-69(55(117)44(106)27(10-91)132-81)146-74-38(86-22(5)100)49(111)63(30(13-94)136-74)141-78-59(121)53(115)42(104)25(8-89)130-78/h18,24-82,88-96,102-124H,7-17H2,1-6H3,(H,83,97)(H,84,98)(H,85,99)(H,86,100)(H,87,101)/t18-,24+,25+,26+,27+,28+,29+,30+,31+,32+,33+,34+,35+,36+,37+,38+,39+,40+,41-,42-,43-,44+,45+,46+,47+,48+,49+,50+,51+,52-,53-,54-,55-,56-,57-,58+,59+,60+,61-,62+,63+,64+,65+,66+,67+,68+,69-,70-,71+,72-,73-,74-,75-,76+,77-,78-,79-,80-,81-,82+/m0/s1. The van der Waals surface area contributed by atoms with Gasteiger partial charge in [-0.25, -0.2) is 0 Å². The number of aliphatic hydroxyl groups excluding tert-OH is 32. The monoisotopic (exact) mass is 2150 g/mol. The molecule has 12 aliphatic heterocycles. The molecular formula is C82H137N5O60. The van der Waals surface area contributed by atoms with Crippen molar-refractivity contribution < 1.29 is 296 Å². The summed E-state index contributed by atoms with van der Waals surface area (Å²) in [5.74, 6) is -5.22. The van der Waals surface area contributed by atoms with E-state index < -0.39 is 470 Å². The Morgan fingerprint density at radius 2 is 0.408 bits per heavy atom. The predicted molar refractivity (Wildman–Crippen MR) is 452 cm³/mol. The summed E-state index contributed by atoms with van der Waals surface area (Å²) < 4.78 is 140. The Morgan fingerprint density at radius 1 is 0.190 bits per heavy atom. The highest BCUT2D eigenvalue weighted by Crippen LogP contribution is 2.43. The number of carbonyl (C=O) groups is 5. The molecule has 60 atom stereocenters. The van der Waals surface area contributed by atoms with E-state index in [9.17, 15) is 187 Å². The quantitative estimate of drug-likeness (QED) is 0.0273. The van der Waals surface area contributed by atoms with Gasteiger partial charge in [0.1, 0.15) is 287 Å². The van der Waals surface area contributed by atoms with Gasteiger partial charge < -0.3 is 299 Å². The number of carbonyl (C=O) groups excluding carboxylic acids is 5. The normalized spacial score (nSPS) is 49.6. The molecule has 37 N–H and O–H groups in total. The molecule has 147 heavy (non-hydrogen) atoms. The zero-order valence-electron chi connectivity index (χ0n) is 79.2. The van der Waals surface area contributed by atoms with E-state index in [-0.39, 0.29) is 0 Å². The fourth-order valence-electron chi connectivity index (χ4n) is 19.2. The second-order valence-electron chi connectivity index (χ2n) is 37.3. The maximum atomic E-state index is 13.7. The van der Waals surface area contributed by atoms with Crippen molar-refractivity contribution in [3.05, 3.63) is 0 Å². The third kappa shape index (κ3) is 26.8. The summed E-state index contributed by atoms with van der Waals surface area (Å²) in [6.45, 7) is -7.73. The second-order valence-corrected chi connectivity index (χ2v) is 37.3. The largest absolute Gasteiger partial charge is 0.394 e. The summed E-state index contributed by atoms with van der Waals surface area (Å²) in [6.07, 6.45) is -122. The molecule has 0 unspecified atom stereocenters. The predicted octanol–water partition coefficient (Wildman–Crippen LogP) is -25.4. The van der Waals surface area contributed by atoms with Crippen molar-refractivity contribution in [2.24, 2.45) is 0 Å². The van der Waals surface area contributed by atoms with Crippen LogP contribution in [0, 0.1) is 0 Å². The summed E-state index contributed by atoms with van der Waals surface area (Å²) in [5.41, 5.74) is 0. The lowest BCUT2D eigenvalue weighted by atomic mass is 9.93. The molecule has 12 heterocycles. The summed E-state index contributed by atoms with van der Waals surface area (Å²) in [7, 11) is 0. The minimum absolute atomic E-state index is 0.837. The minimum Gasteiger partial charge on any atom is -0.394 e. The Morgan fingerprint density at radius 3 is 0.735 bits per heavy atom. The van der Waals surface area contributed by atoms with Gasteiger partial charge in [0, 0.05) is 34.6 Å². The van der Waals surface area contributed by atoms with Crippen LogP contribution in [0.3, 0.4) is 0 Å². The number of ether oxygens (including phenoxy) is 23. The van der Waals surface area contributed by atoms with Crippen LogP contribution in [0.15, 0.2) is 0 Å². The van der Waals surface area contributed by atoms with E-state index in [0.29, 0.717) is 0 Å². The maximum absolute atomic E-state index is 13.7. The average molecular weight is 2150 g/mol. The lowest BCUT2D eigenvalue weighted by molar-refractivity contribution is -0.410. The van der Waals surface area contributed by atoms with Gasteiger partial charge in [-0.15, -0.1) is 0 Å². The first kappa shape index (κ1) is 121. The van der Waals surface area contributed by atoms with E-state index in [1.54, 1.807) is 0 Å². The zero-order valence-corrected chi connectivity index (χ0v) is 79.2. The number of hydrogen-bond donors (Lipinski definition) is 37. The van der Waals surface area contributed by atoms with Gasteiger partial charge >= 0.3 is 0 Å². The fraction of sp³-hybridized carbons (Fsp3) is 0.939. The van der Waals surface area contributed by atoms with Gasteiger partial charge in [0.25, 0.3) is 0 Å². The summed E-state index contributed by atoms with van der Waals surface area (Å²) in [4.78, 5) is 66.7. The van der Waals surface area contributed by atoms with Crippen molar-refractivity contribution in [3.63, 3.8) is 0 Å². The highest BCUT2D eigenvalue weighted by Gasteiger charge is 2.64. The molecule has 0 aromatic rings. The number of amides is 5. The minimum atomic E-state index is -2.92. The van der Waals surface area contributed by atoms with E-state index in [2.05, 4.69) is 26.6 Å². The molecule has 65 heteroatoms. The van der Waals surface area contributed by atoms with Crippen molar-refractivity contribution >= 4 is 29.5 Å². The molecule has 0 bridgehead atoms. The molecule has 12 fully saturated rings. The SMILES string of the molecule is CC(=O)N[C@@H]1[C@@H](O)[C@H](O[C@@H]2O[C@H](CO)[C@@H](O[C@@H]3O[C@H](CO[C@H]4O[C@H](CO)[C@@H](O)[C@H](O)[C@@H]4O[C@@H]4O[C@H](CO)[C@@H](O[C@@H]5O[C@H](CO)[C@H](O)[C@H](O)[C@H]5O)[C@H](O)[C@H]4NC(C)=O)[C@@H](O[C@@H]4O[C@H](CO)[C@@H](O[C@@H]5O[C@H](CO)[C@H](O)[C@H](O)[C@H]5O)[C@H](O)[C@H]4NC(C)=O)[C@H](O[C@H]4O[C@H](CO)[C@@H](O)[C@H](O)[C@@H]4O[C@@H]4O[C@H](CO)[C@@H](O[C@@H]5O[C@H](CO)[C@H](O)[C@H](O)[C@H]5O)[C@H](O)[C@H]4NC(C)=O)[C@@H]3O)[C@H](O)[C@H]2NC(C)=O)[C@@H](CO[C@@H]2O[C@@H](C)[C@@H](O)[C@@H](O)[C@@H]2O)O[C@H]1O.